The highest BCUT2D eigenvalue weighted by molar-refractivity contribution is 5.97. The topological polar surface area (TPSA) is 63.6 Å². The molecule has 4 heteroatoms. The molecule has 0 heterocycles. The zero-order valence-corrected chi connectivity index (χ0v) is 10.9. The standard InChI is InChI=1S/C14H18O4/c1-14(2,3)18-11-6-4-10(5-7-11)12(15)8-9-13(16)17/h4-7H,8-9H2,1-3H3,(H,16,17). The molecule has 0 saturated heterocycles. The SMILES string of the molecule is CC(C)(C)Oc1ccc(C(=O)CCC(=O)O)cc1. The van der Waals surface area contributed by atoms with Crippen molar-refractivity contribution in [1.29, 1.82) is 0 Å². The smallest absolute Gasteiger partial charge is 0.303 e. The summed E-state index contributed by atoms with van der Waals surface area (Å²) in [5.74, 6) is -0.437. The van der Waals surface area contributed by atoms with E-state index < -0.39 is 5.97 Å². The quantitative estimate of drug-likeness (QED) is 0.816. The van der Waals surface area contributed by atoms with Crippen LogP contribution >= 0.6 is 0 Å². The average molecular weight is 250 g/mol. The van der Waals surface area contributed by atoms with Gasteiger partial charge >= 0.3 is 5.97 Å². The Morgan fingerprint density at radius 1 is 1.11 bits per heavy atom. The molecule has 4 nitrogen and oxygen atoms in total. The van der Waals surface area contributed by atoms with E-state index in [-0.39, 0.29) is 24.2 Å². The van der Waals surface area contributed by atoms with Crippen molar-refractivity contribution >= 4 is 11.8 Å². The van der Waals surface area contributed by atoms with E-state index in [4.69, 9.17) is 9.84 Å². The van der Waals surface area contributed by atoms with Crippen molar-refractivity contribution in [2.45, 2.75) is 39.2 Å². The zero-order valence-electron chi connectivity index (χ0n) is 10.9. The molecule has 0 spiro atoms. The predicted molar refractivity (Wildman–Crippen MR) is 68.0 cm³/mol. The Bertz CT molecular complexity index is 426. The number of hydrogen-bond donors (Lipinski definition) is 1. The van der Waals surface area contributed by atoms with Crippen LogP contribution in [0.5, 0.6) is 5.75 Å². The third-order valence-electron chi connectivity index (χ3n) is 2.17. The van der Waals surface area contributed by atoms with E-state index in [0.29, 0.717) is 11.3 Å². The molecule has 1 aromatic carbocycles. The molecule has 1 N–H and O–H groups in total. The van der Waals surface area contributed by atoms with Crippen molar-refractivity contribution in [3.63, 3.8) is 0 Å². The van der Waals surface area contributed by atoms with Gasteiger partial charge in [0.15, 0.2) is 5.78 Å². The highest BCUT2D eigenvalue weighted by atomic mass is 16.5. The van der Waals surface area contributed by atoms with Crippen LogP contribution in [-0.2, 0) is 4.79 Å². The van der Waals surface area contributed by atoms with Gasteiger partial charge in [-0.2, -0.15) is 0 Å². The summed E-state index contributed by atoms with van der Waals surface area (Å²) in [4.78, 5) is 22.0. The molecule has 0 unspecified atom stereocenters. The van der Waals surface area contributed by atoms with Crippen molar-refractivity contribution in [1.82, 2.24) is 0 Å². The van der Waals surface area contributed by atoms with Gasteiger partial charge in [0.25, 0.3) is 0 Å². The van der Waals surface area contributed by atoms with E-state index in [1.165, 1.54) is 0 Å². The minimum Gasteiger partial charge on any atom is -0.488 e. The van der Waals surface area contributed by atoms with Gasteiger partial charge < -0.3 is 9.84 Å². The summed E-state index contributed by atoms with van der Waals surface area (Å²) in [6.07, 6.45) is -0.117. The number of aliphatic carboxylic acids is 1. The largest absolute Gasteiger partial charge is 0.488 e. The number of carbonyl (C=O) groups is 2. The van der Waals surface area contributed by atoms with Crippen molar-refractivity contribution in [2.24, 2.45) is 0 Å². The van der Waals surface area contributed by atoms with E-state index in [2.05, 4.69) is 0 Å². The van der Waals surface area contributed by atoms with Gasteiger partial charge in [-0.25, -0.2) is 0 Å². The van der Waals surface area contributed by atoms with Crippen LogP contribution in [0.3, 0.4) is 0 Å². The molecule has 0 amide bonds. The number of rotatable bonds is 5. The fourth-order valence-electron chi connectivity index (χ4n) is 1.43. The summed E-state index contributed by atoms with van der Waals surface area (Å²) in [5.41, 5.74) is 0.229. The molecular formula is C14H18O4. The number of ketones is 1. The molecule has 1 aromatic rings. The van der Waals surface area contributed by atoms with Crippen LogP contribution in [0, 0.1) is 0 Å². The Hall–Kier alpha value is -1.84. The minimum atomic E-state index is -0.962. The molecule has 0 atom stereocenters. The molecule has 0 radical (unpaired) electrons. The van der Waals surface area contributed by atoms with Gasteiger partial charge in [-0.05, 0) is 45.0 Å². The van der Waals surface area contributed by atoms with E-state index in [1.54, 1.807) is 24.3 Å². The van der Waals surface area contributed by atoms with Gasteiger partial charge in [0.2, 0.25) is 0 Å². The summed E-state index contributed by atoms with van der Waals surface area (Å²) in [6.45, 7) is 5.83. The molecule has 0 aliphatic rings. The van der Waals surface area contributed by atoms with Gasteiger partial charge in [-0.3, -0.25) is 9.59 Å². The molecule has 0 fully saturated rings. The first kappa shape index (κ1) is 14.2. The van der Waals surface area contributed by atoms with Crippen LogP contribution in [0.2, 0.25) is 0 Å². The summed E-state index contributed by atoms with van der Waals surface area (Å²) in [7, 11) is 0. The number of carbonyl (C=O) groups excluding carboxylic acids is 1. The second-order valence-electron chi connectivity index (χ2n) is 5.06. The van der Waals surface area contributed by atoms with Crippen molar-refractivity contribution in [3.8, 4) is 5.75 Å². The molecule has 0 aliphatic heterocycles. The van der Waals surface area contributed by atoms with E-state index in [1.807, 2.05) is 20.8 Å². The highest BCUT2D eigenvalue weighted by Gasteiger charge is 2.12. The molecule has 98 valence electrons. The second-order valence-corrected chi connectivity index (χ2v) is 5.06. The van der Waals surface area contributed by atoms with Gasteiger partial charge in [0.1, 0.15) is 11.4 Å². The molecule has 0 saturated carbocycles. The van der Waals surface area contributed by atoms with E-state index in [0.717, 1.165) is 0 Å². The summed E-state index contributed by atoms with van der Waals surface area (Å²) in [5, 5.41) is 8.51. The molecule has 0 aromatic heterocycles. The lowest BCUT2D eigenvalue weighted by molar-refractivity contribution is -0.136. The van der Waals surface area contributed by atoms with Crippen molar-refractivity contribution in [2.75, 3.05) is 0 Å². The lowest BCUT2D eigenvalue weighted by Crippen LogP contribution is -2.22. The zero-order chi connectivity index (χ0) is 13.8. The molecule has 0 aliphatic carbocycles. The number of ether oxygens (including phenoxy) is 1. The predicted octanol–water partition coefficient (Wildman–Crippen LogP) is 2.91. The Kier molecular flexibility index (Phi) is 4.48. The lowest BCUT2D eigenvalue weighted by atomic mass is 10.1. The Labute approximate surface area is 107 Å². The van der Waals surface area contributed by atoms with Crippen LogP contribution < -0.4 is 4.74 Å². The number of hydrogen-bond acceptors (Lipinski definition) is 3. The number of benzene rings is 1. The average Bonchev–Trinajstić information content (AvgIpc) is 2.24. The normalized spacial score (nSPS) is 11.1. The maximum Gasteiger partial charge on any atom is 0.303 e. The molecule has 1 rings (SSSR count). The third kappa shape index (κ3) is 4.99. The fourth-order valence-corrected chi connectivity index (χ4v) is 1.43. The highest BCUT2D eigenvalue weighted by Crippen LogP contribution is 2.19. The summed E-state index contributed by atoms with van der Waals surface area (Å²) >= 11 is 0. The maximum atomic E-state index is 11.6. The number of Topliss-reactive ketones (excluding diaryl/α,β-unsaturated/α-hetero) is 1. The lowest BCUT2D eigenvalue weighted by Gasteiger charge is -2.21. The second kappa shape index (κ2) is 5.67. The Balaban J connectivity index is 2.65. The third-order valence-corrected chi connectivity index (χ3v) is 2.17. The van der Waals surface area contributed by atoms with Crippen LogP contribution in [-0.4, -0.2) is 22.5 Å². The van der Waals surface area contributed by atoms with Gasteiger partial charge in [0, 0.05) is 12.0 Å². The Morgan fingerprint density at radius 2 is 1.67 bits per heavy atom. The maximum absolute atomic E-state index is 11.6. The number of carboxylic acid groups (broad SMARTS) is 1. The van der Waals surface area contributed by atoms with Crippen molar-refractivity contribution in [3.05, 3.63) is 29.8 Å². The van der Waals surface area contributed by atoms with Gasteiger partial charge in [-0.1, -0.05) is 0 Å². The van der Waals surface area contributed by atoms with E-state index in [9.17, 15) is 9.59 Å². The van der Waals surface area contributed by atoms with Gasteiger partial charge in [-0.15, -0.1) is 0 Å². The number of carboxylic acids is 1. The van der Waals surface area contributed by atoms with Crippen LogP contribution in [0.1, 0.15) is 44.0 Å². The fraction of sp³-hybridized carbons (Fsp3) is 0.429. The van der Waals surface area contributed by atoms with Crippen molar-refractivity contribution < 1.29 is 19.4 Å². The van der Waals surface area contributed by atoms with Gasteiger partial charge in [0.05, 0.1) is 6.42 Å². The van der Waals surface area contributed by atoms with Crippen LogP contribution in [0.15, 0.2) is 24.3 Å². The monoisotopic (exact) mass is 250 g/mol. The Morgan fingerprint density at radius 3 is 2.11 bits per heavy atom. The van der Waals surface area contributed by atoms with E-state index >= 15 is 0 Å². The molecular weight excluding hydrogens is 232 g/mol. The summed E-state index contributed by atoms with van der Waals surface area (Å²) < 4.78 is 5.63. The first-order chi connectivity index (χ1) is 8.28. The molecule has 18 heavy (non-hydrogen) atoms. The van der Waals surface area contributed by atoms with Crippen LogP contribution in [0.25, 0.3) is 0 Å². The summed E-state index contributed by atoms with van der Waals surface area (Å²) in [6, 6.07) is 6.76. The first-order valence-electron chi connectivity index (χ1n) is 5.82. The van der Waals surface area contributed by atoms with Crippen LogP contribution in [0.4, 0.5) is 0 Å². The minimum absolute atomic E-state index is 0.0226. The first-order valence-corrected chi connectivity index (χ1v) is 5.82. The molecule has 0 bridgehead atoms.